The molecule has 0 aromatic rings. The van der Waals surface area contributed by atoms with E-state index in [1.165, 1.54) is 0 Å². The first-order chi connectivity index (χ1) is 4.97. The molecule has 10 heavy (non-hydrogen) atoms. The van der Waals surface area contributed by atoms with Crippen LogP contribution in [0.5, 0.6) is 0 Å². The van der Waals surface area contributed by atoms with Gasteiger partial charge in [-0.3, -0.25) is 0 Å². The van der Waals surface area contributed by atoms with Crippen LogP contribution in [-0.4, -0.2) is 19.8 Å². The largest absolute Gasteiger partial charge is 0.489 e. The molecule has 0 aromatic carbocycles. The van der Waals surface area contributed by atoms with Gasteiger partial charge in [-0.1, -0.05) is 0 Å². The van der Waals surface area contributed by atoms with Crippen LogP contribution in [0.15, 0.2) is 23.8 Å². The molecule has 0 amide bonds. The molecule has 0 bridgehead atoms. The average Bonchev–Trinajstić information content (AvgIpc) is 2.05. The minimum Gasteiger partial charge on any atom is -0.489 e. The van der Waals surface area contributed by atoms with Gasteiger partial charge in [0.15, 0.2) is 11.5 Å². The highest BCUT2D eigenvalue weighted by Crippen LogP contribution is 2.15. The molecule has 2 heterocycles. The molecule has 2 aliphatic heterocycles. The van der Waals surface area contributed by atoms with Crippen LogP contribution in [0.1, 0.15) is 0 Å². The zero-order valence-corrected chi connectivity index (χ0v) is 5.59. The van der Waals surface area contributed by atoms with E-state index in [-0.39, 0.29) is 0 Å². The van der Waals surface area contributed by atoms with Crippen molar-refractivity contribution in [1.82, 2.24) is 5.32 Å². The lowest BCUT2D eigenvalue weighted by Crippen LogP contribution is -2.23. The lowest BCUT2D eigenvalue weighted by atomic mass is 10.3. The Morgan fingerprint density at radius 3 is 3.10 bits per heavy atom. The lowest BCUT2D eigenvalue weighted by molar-refractivity contribution is 0.0653. The fourth-order valence-electron chi connectivity index (χ4n) is 1.03. The number of nitrogens with one attached hydrogen (secondary N) is 1. The third kappa shape index (κ3) is 0.835. The minimum atomic E-state index is 0.670. The van der Waals surface area contributed by atoms with Crippen LogP contribution in [0, 0.1) is 0 Å². The first-order valence-electron chi connectivity index (χ1n) is 3.35. The number of ether oxygens (including phenoxy) is 2. The SMILES string of the molecule is C1=CC2=C(CN1)OCCO2. The van der Waals surface area contributed by atoms with Gasteiger partial charge in [-0.25, -0.2) is 0 Å². The molecule has 54 valence electrons. The van der Waals surface area contributed by atoms with Gasteiger partial charge in [0.05, 0.1) is 6.54 Å². The quantitative estimate of drug-likeness (QED) is 0.525. The second-order valence-corrected chi connectivity index (χ2v) is 2.20. The van der Waals surface area contributed by atoms with Crippen LogP contribution < -0.4 is 5.32 Å². The topological polar surface area (TPSA) is 30.5 Å². The number of allylic oxidation sites excluding steroid dienone is 1. The monoisotopic (exact) mass is 139 g/mol. The Morgan fingerprint density at radius 2 is 2.20 bits per heavy atom. The van der Waals surface area contributed by atoms with E-state index in [9.17, 15) is 0 Å². The fraction of sp³-hybridized carbons (Fsp3) is 0.429. The standard InChI is InChI=1S/C7H9NO2/c1-2-8-5-7-6(1)9-3-4-10-7/h1-2,8H,3-5H2. The summed E-state index contributed by atoms with van der Waals surface area (Å²) in [6, 6.07) is 0. The molecular weight excluding hydrogens is 130 g/mol. The zero-order chi connectivity index (χ0) is 6.81. The average molecular weight is 139 g/mol. The van der Waals surface area contributed by atoms with E-state index in [1.54, 1.807) is 0 Å². The van der Waals surface area contributed by atoms with E-state index < -0.39 is 0 Å². The third-order valence-corrected chi connectivity index (χ3v) is 1.51. The van der Waals surface area contributed by atoms with Crippen molar-refractivity contribution < 1.29 is 9.47 Å². The highest BCUT2D eigenvalue weighted by atomic mass is 16.6. The van der Waals surface area contributed by atoms with Crippen LogP contribution in [0.25, 0.3) is 0 Å². The van der Waals surface area contributed by atoms with Crippen molar-refractivity contribution in [3.05, 3.63) is 23.8 Å². The molecule has 3 heteroatoms. The molecule has 0 unspecified atom stereocenters. The molecule has 0 atom stereocenters. The van der Waals surface area contributed by atoms with Gasteiger partial charge >= 0.3 is 0 Å². The van der Waals surface area contributed by atoms with Gasteiger partial charge in [0.25, 0.3) is 0 Å². The van der Waals surface area contributed by atoms with Crippen LogP contribution in [0.2, 0.25) is 0 Å². The Kier molecular flexibility index (Phi) is 1.27. The van der Waals surface area contributed by atoms with Crippen molar-refractivity contribution in [3.8, 4) is 0 Å². The number of hydrogen-bond acceptors (Lipinski definition) is 3. The zero-order valence-electron chi connectivity index (χ0n) is 5.59. The van der Waals surface area contributed by atoms with E-state index in [1.807, 2.05) is 12.3 Å². The van der Waals surface area contributed by atoms with E-state index >= 15 is 0 Å². The number of hydrogen-bond donors (Lipinski definition) is 1. The van der Waals surface area contributed by atoms with E-state index in [4.69, 9.17) is 9.47 Å². The summed E-state index contributed by atoms with van der Waals surface area (Å²) in [7, 11) is 0. The Balaban J connectivity index is 2.23. The molecule has 0 saturated carbocycles. The molecular formula is C7H9NO2. The molecule has 0 saturated heterocycles. The van der Waals surface area contributed by atoms with Crippen molar-refractivity contribution in [2.75, 3.05) is 19.8 Å². The van der Waals surface area contributed by atoms with Gasteiger partial charge in [-0.05, 0) is 6.08 Å². The van der Waals surface area contributed by atoms with E-state index in [0.717, 1.165) is 18.1 Å². The van der Waals surface area contributed by atoms with Crippen LogP contribution >= 0.6 is 0 Å². The summed E-state index contributed by atoms with van der Waals surface area (Å²) < 4.78 is 10.6. The van der Waals surface area contributed by atoms with Crippen LogP contribution in [-0.2, 0) is 9.47 Å². The predicted molar refractivity (Wildman–Crippen MR) is 36.1 cm³/mol. The minimum absolute atomic E-state index is 0.670. The second kappa shape index (κ2) is 2.25. The van der Waals surface area contributed by atoms with Crippen molar-refractivity contribution >= 4 is 0 Å². The summed E-state index contributed by atoms with van der Waals surface area (Å²) in [6.45, 7) is 2.10. The first kappa shape index (κ1) is 5.65. The Hall–Kier alpha value is -1.12. The van der Waals surface area contributed by atoms with Gasteiger partial charge in [-0.15, -0.1) is 0 Å². The molecule has 2 rings (SSSR count). The summed E-state index contributed by atoms with van der Waals surface area (Å²) in [5, 5.41) is 3.04. The highest BCUT2D eigenvalue weighted by molar-refractivity contribution is 5.22. The molecule has 2 aliphatic rings. The van der Waals surface area contributed by atoms with Crippen molar-refractivity contribution in [2.45, 2.75) is 0 Å². The number of rotatable bonds is 0. The van der Waals surface area contributed by atoms with Gasteiger partial charge < -0.3 is 14.8 Å². The maximum atomic E-state index is 5.32. The normalized spacial score (nSPS) is 22.4. The summed E-state index contributed by atoms with van der Waals surface area (Å²) in [5.74, 6) is 1.80. The molecule has 0 radical (unpaired) electrons. The molecule has 1 N–H and O–H groups in total. The molecule has 0 aromatic heterocycles. The summed E-state index contributed by atoms with van der Waals surface area (Å²) >= 11 is 0. The van der Waals surface area contributed by atoms with Crippen molar-refractivity contribution in [1.29, 1.82) is 0 Å². The third-order valence-electron chi connectivity index (χ3n) is 1.51. The van der Waals surface area contributed by atoms with E-state index in [2.05, 4.69) is 5.32 Å². The lowest BCUT2D eigenvalue weighted by Gasteiger charge is -2.22. The van der Waals surface area contributed by atoms with E-state index in [0.29, 0.717) is 13.2 Å². The van der Waals surface area contributed by atoms with Crippen molar-refractivity contribution in [3.63, 3.8) is 0 Å². The summed E-state index contributed by atoms with van der Waals surface area (Å²) in [4.78, 5) is 0. The van der Waals surface area contributed by atoms with Gasteiger partial charge in [0.2, 0.25) is 0 Å². The second-order valence-electron chi connectivity index (χ2n) is 2.20. The Bertz CT molecular complexity index is 196. The van der Waals surface area contributed by atoms with Gasteiger partial charge in [-0.2, -0.15) is 0 Å². The molecule has 0 aliphatic carbocycles. The highest BCUT2D eigenvalue weighted by Gasteiger charge is 2.14. The maximum absolute atomic E-state index is 5.32. The summed E-state index contributed by atoms with van der Waals surface area (Å²) in [6.07, 6.45) is 3.76. The fourth-order valence-corrected chi connectivity index (χ4v) is 1.03. The molecule has 3 nitrogen and oxygen atoms in total. The van der Waals surface area contributed by atoms with Crippen LogP contribution in [0.4, 0.5) is 0 Å². The molecule has 0 spiro atoms. The van der Waals surface area contributed by atoms with Crippen LogP contribution in [0.3, 0.4) is 0 Å². The first-order valence-corrected chi connectivity index (χ1v) is 3.35. The predicted octanol–water partition coefficient (Wildman–Crippen LogP) is 0.362. The summed E-state index contributed by atoms with van der Waals surface area (Å²) in [5.41, 5.74) is 0. The van der Waals surface area contributed by atoms with Gasteiger partial charge in [0, 0.05) is 6.20 Å². The van der Waals surface area contributed by atoms with Crippen molar-refractivity contribution in [2.24, 2.45) is 0 Å². The Labute approximate surface area is 59.3 Å². The number of dihydropyridines is 1. The Morgan fingerprint density at radius 1 is 1.30 bits per heavy atom. The molecule has 0 fully saturated rings. The smallest absolute Gasteiger partial charge is 0.160 e. The maximum Gasteiger partial charge on any atom is 0.160 e. The van der Waals surface area contributed by atoms with Gasteiger partial charge in [0.1, 0.15) is 13.2 Å².